The molecule has 0 saturated heterocycles. The molecule has 0 fully saturated rings. The summed E-state index contributed by atoms with van der Waals surface area (Å²) in [6.45, 7) is -0.0670. The van der Waals surface area contributed by atoms with Gasteiger partial charge in [-0.15, -0.1) is 0 Å². The Morgan fingerprint density at radius 2 is 1.41 bits per heavy atom. The van der Waals surface area contributed by atoms with Crippen LogP contribution in [0.25, 0.3) is 77.3 Å². The van der Waals surface area contributed by atoms with Crippen LogP contribution in [0.5, 0.6) is 0 Å². The highest BCUT2D eigenvalue weighted by molar-refractivity contribution is 6.90. The van der Waals surface area contributed by atoms with Gasteiger partial charge in [0.1, 0.15) is 0 Å². The highest BCUT2D eigenvalue weighted by Crippen LogP contribution is 2.52. The number of nitrogens with zero attached hydrogens (tertiary/aromatic N) is 3. The van der Waals surface area contributed by atoms with E-state index in [1.807, 2.05) is 6.07 Å². The second-order valence-corrected chi connectivity index (χ2v) is 15.0. The molecule has 4 heterocycles. The van der Waals surface area contributed by atoms with E-state index in [0.29, 0.717) is 0 Å². The van der Waals surface area contributed by atoms with E-state index in [1.54, 1.807) is 0 Å². The highest BCUT2D eigenvalue weighted by Gasteiger charge is 2.45. The molecule has 0 saturated carbocycles. The van der Waals surface area contributed by atoms with Crippen LogP contribution in [0, 0.1) is 12.1 Å². The molecule has 0 bridgehead atoms. The lowest BCUT2D eigenvalue weighted by atomic mass is 9.44. The molecule has 4 heteroatoms. The second kappa shape index (κ2) is 10.3. The lowest BCUT2D eigenvalue weighted by Crippen LogP contribution is -2.57. The first-order valence-electron chi connectivity index (χ1n) is 19.0. The molecule has 2 aliphatic heterocycles. The van der Waals surface area contributed by atoms with Gasteiger partial charge in [-0.1, -0.05) is 121 Å². The molecular weight excluding hydrogens is 653 g/mol. The Morgan fingerprint density at radius 3 is 2.31 bits per heavy atom. The smallest absolute Gasteiger partial charge is 0.333 e. The third kappa shape index (κ3) is 3.50. The number of aromatic nitrogens is 2. The zero-order valence-corrected chi connectivity index (χ0v) is 29.3. The molecule has 3 nitrogen and oxygen atoms in total. The Bertz CT molecular complexity index is 3290. The predicted octanol–water partition coefficient (Wildman–Crippen LogP) is 11.0. The molecule has 0 N–H and O–H groups in total. The number of para-hydroxylation sites is 4. The van der Waals surface area contributed by atoms with Crippen molar-refractivity contribution < 1.29 is 0 Å². The number of fused-ring (bicyclic) bond motifs is 14. The maximum Gasteiger partial charge on any atom is 0.333 e. The summed E-state index contributed by atoms with van der Waals surface area (Å²) in [5.41, 5.74) is 17.7. The minimum atomic E-state index is -0.0670. The Morgan fingerprint density at radius 1 is 0.611 bits per heavy atom. The number of rotatable bonds is 2. The number of hydrogen-bond donors (Lipinski definition) is 0. The molecule has 10 aromatic rings. The van der Waals surface area contributed by atoms with Crippen molar-refractivity contribution in [1.82, 2.24) is 9.05 Å². The molecule has 0 unspecified atom stereocenters. The fourth-order valence-electron chi connectivity index (χ4n) is 10.3. The van der Waals surface area contributed by atoms with Crippen LogP contribution < -0.4 is 15.8 Å². The summed E-state index contributed by atoms with van der Waals surface area (Å²) in [6.07, 6.45) is 6.65. The fourth-order valence-corrected chi connectivity index (χ4v) is 10.3. The summed E-state index contributed by atoms with van der Waals surface area (Å²) in [4.78, 5) is 2.65. The molecule has 2 aromatic heterocycles. The monoisotopic (exact) mass is 683 g/mol. The van der Waals surface area contributed by atoms with Crippen molar-refractivity contribution in [2.45, 2.75) is 12.8 Å². The molecule has 3 aliphatic rings. The molecule has 0 radical (unpaired) electrons. The molecule has 0 amide bonds. The first-order valence-corrected chi connectivity index (χ1v) is 19.0. The molecule has 8 aromatic carbocycles. The van der Waals surface area contributed by atoms with Gasteiger partial charge in [-0.3, -0.25) is 0 Å². The zero-order valence-electron chi connectivity index (χ0n) is 29.3. The Hall–Kier alpha value is -6.96. The van der Waals surface area contributed by atoms with Crippen LogP contribution in [0.4, 0.5) is 17.1 Å². The van der Waals surface area contributed by atoms with Gasteiger partial charge in [-0.25, -0.2) is 0 Å². The van der Waals surface area contributed by atoms with Crippen molar-refractivity contribution in [1.29, 1.82) is 0 Å². The van der Waals surface area contributed by atoms with Crippen molar-refractivity contribution in [3.63, 3.8) is 0 Å². The van der Waals surface area contributed by atoms with E-state index in [1.165, 1.54) is 99.2 Å². The maximum atomic E-state index is 3.67. The Labute approximate surface area is 312 Å². The fraction of sp³-hybridized carbons (Fsp3) is 0.0400. The third-order valence-corrected chi connectivity index (χ3v) is 12.4. The van der Waals surface area contributed by atoms with E-state index in [9.17, 15) is 0 Å². The normalized spacial score (nSPS) is 13.9. The van der Waals surface area contributed by atoms with Crippen LogP contribution in [-0.4, -0.2) is 15.9 Å². The number of allylic oxidation sites excluding steroid dienone is 1. The molecule has 54 heavy (non-hydrogen) atoms. The summed E-state index contributed by atoms with van der Waals surface area (Å²) >= 11 is 0. The van der Waals surface area contributed by atoms with E-state index in [4.69, 9.17) is 0 Å². The van der Waals surface area contributed by atoms with E-state index in [0.717, 1.165) is 23.9 Å². The van der Waals surface area contributed by atoms with Crippen molar-refractivity contribution in [2.24, 2.45) is 0 Å². The van der Waals surface area contributed by atoms with Gasteiger partial charge in [0.15, 0.2) is 0 Å². The summed E-state index contributed by atoms with van der Waals surface area (Å²) in [5, 5.41) is 7.37. The lowest BCUT2D eigenvalue weighted by Gasteiger charge is -2.42. The van der Waals surface area contributed by atoms with Gasteiger partial charge in [0.2, 0.25) is 0 Å². The van der Waals surface area contributed by atoms with Gasteiger partial charge in [0.05, 0.1) is 33.5 Å². The van der Waals surface area contributed by atoms with Gasteiger partial charge in [0.25, 0.3) is 0 Å². The van der Waals surface area contributed by atoms with Crippen LogP contribution in [-0.2, 0) is 6.42 Å². The van der Waals surface area contributed by atoms with Crippen LogP contribution in [0.15, 0.2) is 152 Å². The predicted molar refractivity (Wildman–Crippen MR) is 227 cm³/mol. The van der Waals surface area contributed by atoms with E-state index in [2.05, 4.69) is 178 Å². The van der Waals surface area contributed by atoms with Crippen LogP contribution in [0.3, 0.4) is 0 Å². The standard InChI is InChI=1S/C50H30BN3/c1-2-17-33(18-3-1)52-44-25-10-8-22-37(44)41-30-40-39-24-13-23-38-36-21-9-11-26-45(36)54(47(38)39)51-42-29-28-32-15-5-7-20-35(32)48(42)53(50(46(40)51)49(41)52)43-27-12-16-31-14-4-6-19-34(31)43/h1-5,8-18,21-30H,6,19H2. The minimum Gasteiger partial charge on any atom is -0.375 e. The first-order chi connectivity index (χ1) is 26.8. The molecule has 248 valence electrons. The molecule has 13 rings (SSSR count). The van der Waals surface area contributed by atoms with Gasteiger partial charge in [-0.2, -0.15) is 0 Å². The SMILES string of the molecule is c1ccc2ccc3c(c2c#1)N(c1cccc2c1CCC=C2)c1c2c(cc4c5ccccc5n(-c5ccccc5)c14)-c1cccc4c5ccccc5n(c14)B32. The molecular formula is C50H30BN3. The van der Waals surface area contributed by atoms with Gasteiger partial charge < -0.3 is 13.9 Å². The zero-order chi connectivity index (χ0) is 35.1. The van der Waals surface area contributed by atoms with Crippen molar-refractivity contribution in [3.05, 3.63) is 175 Å². The van der Waals surface area contributed by atoms with E-state index < -0.39 is 0 Å². The topological polar surface area (TPSA) is 13.1 Å². The second-order valence-electron chi connectivity index (χ2n) is 15.0. The number of benzene rings is 7. The summed E-state index contributed by atoms with van der Waals surface area (Å²) in [5.74, 6) is 0. The van der Waals surface area contributed by atoms with Crippen LogP contribution in [0.2, 0.25) is 0 Å². The minimum absolute atomic E-state index is 0.0670. The maximum absolute atomic E-state index is 3.67. The van der Waals surface area contributed by atoms with Crippen LogP contribution >= 0.6 is 0 Å². The quantitative estimate of drug-likeness (QED) is 0.165. The summed E-state index contributed by atoms with van der Waals surface area (Å²) < 4.78 is 5.18. The number of anilines is 3. The van der Waals surface area contributed by atoms with Gasteiger partial charge >= 0.3 is 6.85 Å². The molecule has 1 aliphatic carbocycles. The highest BCUT2D eigenvalue weighted by atomic mass is 15.2. The Kier molecular flexibility index (Phi) is 5.48. The van der Waals surface area contributed by atoms with E-state index >= 15 is 0 Å². The lowest BCUT2D eigenvalue weighted by molar-refractivity contribution is 0.980. The molecule has 0 spiro atoms. The van der Waals surface area contributed by atoms with Crippen molar-refractivity contribution >= 4 is 95.3 Å². The third-order valence-electron chi connectivity index (χ3n) is 12.4. The van der Waals surface area contributed by atoms with Crippen molar-refractivity contribution in [2.75, 3.05) is 4.90 Å². The molecule has 0 atom stereocenters. The van der Waals surface area contributed by atoms with Gasteiger partial charge in [0, 0.05) is 43.8 Å². The van der Waals surface area contributed by atoms with Crippen LogP contribution in [0.1, 0.15) is 17.5 Å². The van der Waals surface area contributed by atoms with Gasteiger partial charge in [-0.05, 0) is 94.4 Å². The number of hydrogen-bond acceptors (Lipinski definition) is 1. The average Bonchev–Trinajstić information content (AvgIpc) is 3.76. The summed E-state index contributed by atoms with van der Waals surface area (Å²) in [6, 6.07) is 61.1. The Balaban J connectivity index is 1.33. The first kappa shape index (κ1) is 28.6. The largest absolute Gasteiger partial charge is 0.375 e. The van der Waals surface area contributed by atoms with Crippen molar-refractivity contribution in [3.8, 4) is 16.8 Å². The van der Waals surface area contributed by atoms with E-state index in [-0.39, 0.29) is 6.85 Å². The summed E-state index contributed by atoms with van der Waals surface area (Å²) in [7, 11) is 0. The average molecular weight is 684 g/mol.